The Morgan fingerprint density at radius 3 is 2.55 bits per heavy atom. The summed E-state index contributed by atoms with van der Waals surface area (Å²) in [7, 11) is 0. The van der Waals surface area contributed by atoms with E-state index in [0.717, 1.165) is 38.2 Å². The fraction of sp³-hybridized carbons (Fsp3) is 0.333. The summed E-state index contributed by atoms with van der Waals surface area (Å²) < 4.78 is 26.1. The zero-order chi connectivity index (χ0) is 20.8. The molecule has 29 heavy (non-hydrogen) atoms. The molecular weight excluding hydrogens is 400 g/mol. The minimum Gasteiger partial charge on any atom is -0.354 e. The van der Waals surface area contributed by atoms with Gasteiger partial charge in [0.05, 0.1) is 6.54 Å². The van der Waals surface area contributed by atoms with Crippen molar-refractivity contribution in [3.63, 3.8) is 0 Å². The van der Waals surface area contributed by atoms with Gasteiger partial charge in [-0.2, -0.15) is 0 Å². The van der Waals surface area contributed by atoms with Crippen LogP contribution in [0.25, 0.3) is 0 Å². The molecule has 5 nitrogen and oxygen atoms in total. The van der Waals surface area contributed by atoms with Crippen LogP contribution in [0.4, 0.5) is 8.78 Å². The Labute approximate surface area is 173 Å². The summed E-state index contributed by atoms with van der Waals surface area (Å²) in [4.78, 5) is 26.2. The van der Waals surface area contributed by atoms with Crippen LogP contribution in [0, 0.1) is 17.6 Å². The lowest BCUT2D eigenvalue weighted by Gasteiger charge is -2.16. The number of rotatable bonds is 7. The summed E-state index contributed by atoms with van der Waals surface area (Å²) in [6.07, 6.45) is 0.981. The molecule has 3 rings (SSSR count). The zero-order valence-corrected chi connectivity index (χ0v) is 16.5. The summed E-state index contributed by atoms with van der Waals surface area (Å²) in [5.41, 5.74) is 1.16. The maximum atomic E-state index is 13.2. The highest BCUT2D eigenvalue weighted by atomic mass is 35.5. The first-order chi connectivity index (χ1) is 13.9. The summed E-state index contributed by atoms with van der Waals surface area (Å²) in [5.74, 6) is -2.74. The predicted molar refractivity (Wildman–Crippen MR) is 107 cm³/mol. The summed E-state index contributed by atoms with van der Waals surface area (Å²) >= 11 is 5.90. The van der Waals surface area contributed by atoms with E-state index in [0.29, 0.717) is 17.5 Å². The summed E-state index contributed by atoms with van der Waals surface area (Å²) in [5, 5.41) is 5.93. The van der Waals surface area contributed by atoms with Gasteiger partial charge in [0.25, 0.3) is 5.91 Å². The first-order valence-corrected chi connectivity index (χ1v) is 9.75. The molecular formula is C21H22ClF2N3O2. The van der Waals surface area contributed by atoms with E-state index < -0.39 is 17.5 Å². The zero-order valence-electron chi connectivity index (χ0n) is 15.8. The number of hydrogen-bond donors (Lipinski definition) is 2. The lowest BCUT2D eigenvalue weighted by atomic mass is 10.1. The van der Waals surface area contributed by atoms with Gasteiger partial charge in [-0.15, -0.1) is 0 Å². The number of benzene rings is 2. The van der Waals surface area contributed by atoms with Gasteiger partial charge in [0.1, 0.15) is 0 Å². The third-order valence-electron chi connectivity index (χ3n) is 4.87. The van der Waals surface area contributed by atoms with Gasteiger partial charge < -0.3 is 10.6 Å². The van der Waals surface area contributed by atoms with Crippen molar-refractivity contribution in [1.82, 2.24) is 15.5 Å². The lowest BCUT2D eigenvalue weighted by molar-refractivity contribution is -0.120. The van der Waals surface area contributed by atoms with Crippen LogP contribution in [-0.4, -0.2) is 42.9 Å². The molecule has 0 aliphatic carbocycles. The molecule has 1 atom stereocenters. The van der Waals surface area contributed by atoms with Crippen molar-refractivity contribution < 1.29 is 18.4 Å². The highest BCUT2D eigenvalue weighted by molar-refractivity contribution is 6.30. The highest BCUT2D eigenvalue weighted by Crippen LogP contribution is 2.19. The van der Waals surface area contributed by atoms with Crippen LogP contribution in [0.5, 0.6) is 0 Å². The number of halogens is 3. The van der Waals surface area contributed by atoms with Crippen LogP contribution in [0.15, 0.2) is 42.5 Å². The van der Waals surface area contributed by atoms with Crippen LogP contribution < -0.4 is 10.6 Å². The fourth-order valence-electron chi connectivity index (χ4n) is 3.29. The largest absolute Gasteiger partial charge is 0.354 e. The number of amides is 2. The second kappa shape index (κ2) is 9.80. The number of carbonyl (C=O) groups excluding carboxylic acids is 2. The monoisotopic (exact) mass is 421 g/mol. The number of carbonyl (C=O) groups is 2. The standard InChI is InChI=1S/C21H22ClF2N3O2/c22-17-4-1-14(2-5-17)12-27-8-7-15(13-27)10-25-20(28)11-26-21(29)16-3-6-18(23)19(24)9-16/h1-6,9,15H,7-8,10-13H2,(H,25,28)(H,26,29). The van der Waals surface area contributed by atoms with E-state index >= 15 is 0 Å². The molecule has 2 aromatic rings. The van der Waals surface area contributed by atoms with Crippen molar-refractivity contribution in [2.45, 2.75) is 13.0 Å². The number of nitrogens with one attached hydrogen (secondary N) is 2. The third-order valence-corrected chi connectivity index (χ3v) is 5.12. The molecule has 2 aromatic carbocycles. The Morgan fingerprint density at radius 1 is 1.07 bits per heavy atom. The molecule has 0 spiro atoms. The predicted octanol–water partition coefficient (Wildman–Crippen LogP) is 2.99. The summed E-state index contributed by atoms with van der Waals surface area (Å²) in [6, 6.07) is 10.6. The van der Waals surface area contributed by atoms with Gasteiger partial charge in [-0.05, 0) is 54.8 Å². The van der Waals surface area contributed by atoms with Crippen molar-refractivity contribution in [1.29, 1.82) is 0 Å². The molecule has 1 aliphatic heterocycles. The van der Waals surface area contributed by atoms with Crippen molar-refractivity contribution in [3.05, 3.63) is 70.2 Å². The molecule has 0 bridgehead atoms. The second-order valence-corrected chi connectivity index (χ2v) is 7.57. The van der Waals surface area contributed by atoms with Gasteiger partial charge in [0.2, 0.25) is 5.91 Å². The third kappa shape index (κ3) is 6.24. The van der Waals surface area contributed by atoms with E-state index in [4.69, 9.17) is 11.6 Å². The maximum absolute atomic E-state index is 13.2. The van der Waals surface area contributed by atoms with Gasteiger partial charge in [-0.3, -0.25) is 14.5 Å². The second-order valence-electron chi connectivity index (χ2n) is 7.13. The Morgan fingerprint density at radius 2 is 1.83 bits per heavy atom. The van der Waals surface area contributed by atoms with E-state index in [-0.39, 0.29) is 18.0 Å². The van der Waals surface area contributed by atoms with Crippen LogP contribution in [0.2, 0.25) is 5.02 Å². The number of hydrogen-bond acceptors (Lipinski definition) is 3. The average molecular weight is 422 g/mol. The molecule has 2 amide bonds. The maximum Gasteiger partial charge on any atom is 0.251 e. The molecule has 2 N–H and O–H groups in total. The van der Waals surface area contributed by atoms with E-state index in [1.54, 1.807) is 0 Å². The van der Waals surface area contributed by atoms with Gasteiger partial charge in [-0.1, -0.05) is 23.7 Å². The molecule has 0 aromatic heterocycles. The van der Waals surface area contributed by atoms with E-state index in [1.165, 1.54) is 11.6 Å². The number of likely N-dealkylation sites (tertiary alicyclic amines) is 1. The minimum atomic E-state index is -1.11. The Balaban J connectivity index is 1.36. The van der Waals surface area contributed by atoms with Gasteiger partial charge >= 0.3 is 0 Å². The molecule has 1 saturated heterocycles. The molecule has 1 heterocycles. The first-order valence-electron chi connectivity index (χ1n) is 9.37. The number of nitrogens with zero attached hydrogens (tertiary/aromatic N) is 1. The normalized spacial score (nSPS) is 16.6. The fourth-order valence-corrected chi connectivity index (χ4v) is 3.42. The SMILES string of the molecule is O=C(CNC(=O)c1ccc(F)c(F)c1)NCC1CCN(Cc2ccc(Cl)cc2)C1. The smallest absolute Gasteiger partial charge is 0.251 e. The molecule has 1 aliphatic rings. The molecule has 1 fully saturated rings. The van der Waals surface area contributed by atoms with Crippen molar-refractivity contribution in [2.24, 2.45) is 5.92 Å². The Hall–Kier alpha value is -2.51. The van der Waals surface area contributed by atoms with Crippen molar-refractivity contribution >= 4 is 23.4 Å². The van der Waals surface area contributed by atoms with Crippen LogP contribution in [0.1, 0.15) is 22.3 Å². The molecule has 1 unspecified atom stereocenters. The van der Waals surface area contributed by atoms with Crippen molar-refractivity contribution in [2.75, 3.05) is 26.2 Å². The average Bonchev–Trinajstić information content (AvgIpc) is 3.15. The van der Waals surface area contributed by atoms with Crippen LogP contribution in [-0.2, 0) is 11.3 Å². The molecule has 154 valence electrons. The first kappa shape index (κ1) is 21.2. The Kier molecular flexibility index (Phi) is 7.17. The summed E-state index contributed by atoms with van der Waals surface area (Å²) in [6.45, 7) is 2.97. The van der Waals surface area contributed by atoms with E-state index in [2.05, 4.69) is 15.5 Å². The minimum absolute atomic E-state index is 0.0367. The van der Waals surface area contributed by atoms with Gasteiger partial charge in [0.15, 0.2) is 11.6 Å². The van der Waals surface area contributed by atoms with Crippen LogP contribution in [0.3, 0.4) is 0 Å². The molecule has 0 saturated carbocycles. The Bertz CT molecular complexity index is 877. The topological polar surface area (TPSA) is 61.4 Å². The van der Waals surface area contributed by atoms with Crippen LogP contribution >= 0.6 is 11.6 Å². The van der Waals surface area contributed by atoms with E-state index in [1.807, 2.05) is 24.3 Å². The van der Waals surface area contributed by atoms with Crippen molar-refractivity contribution in [3.8, 4) is 0 Å². The highest BCUT2D eigenvalue weighted by Gasteiger charge is 2.23. The van der Waals surface area contributed by atoms with E-state index in [9.17, 15) is 18.4 Å². The quantitative estimate of drug-likeness (QED) is 0.722. The molecule has 0 radical (unpaired) electrons. The van der Waals surface area contributed by atoms with Gasteiger partial charge in [0, 0.05) is 30.2 Å². The lowest BCUT2D eigenvalue weighted by Crippen LogP contribution is -2.39. The van der Waals surface area contributed by atoms with Gasteiger partial charge in [-0.25, -0.2) is 8.78 Å². The molecule has 8 heteroatoms.